The van der Waals surface area contributed by atoms with Gasteiger partial charge in [0.25, 0.3) is 0 Å². The lowest BCUT2D eigenvalue weighted by Gasteiger charge is -2.27. The van der Waals surface area contributed by atoms with Crippen LogP contribution in [0.5, 0.6) is 0 Å². The molecule has 80 valence electrons. The van der Waals surface area contributed by atoms with Crippen molar-refractivity contribution in [3.8, 4) is 6.07 Å². The third-order valence-corrected chi connectivity index (χ3v) is 2.52. The zero-order valence-corrected chi connectivity index (χ0v) is 9.01. The van der Waals surface area contributed by atoms with Crippen molar-refractivity contribution in [1.29, 1.82) is 5.26 Å². The third kappa shape index (κ3) is 3.37. The van der Waals surface area contributed by atoms with E-state index in [4.69, 9.17) is 5.26 Å². The highest BCUT2D eigenvalue weighted by Gasteiger charge is 2.30. The maximum atomic E-state index is 10.9. The normalized spacial score (nSPS) is 10.9. The number of nitrogens with zero attached hydrogens (tertiary/aromatic N) is 1. The molecule has 3 heteroatoms. The van der Waals surface area contributed by atoms with Crippen LogP contribution in [0.2, 0.25) is 0 Å². The van der Waals surface area contributed by atoms with Crippen LogP contribution in [0.4, 0.5) is 0 Å². The Morgan fingerprint density at radius 3 is 1.93 bits per heavy atom. The molecule has 0 aliphatic carbocycles. The van der Waals surface area contributed by atoms with E-state index in [1.54, 1.807) is 0 Å². The van der Waals surface area contributed by atoms with Crippen LogP contribution in [0.25, 0.3) is 0 Å². The van der Waals surface area contributed by atoms with E-state index < -0.39 is 11.4 Å². The van der Waals surface area contributed by atoms with E-state index in [1.807, 2.05) is 19.9 Å². The standard InChI is InChI=1S/C11H19NO2/c1-3-5-7-11(9-12,10(13)14)8-6-4-2/h3-8H2,1-2H3,(H,13,14)/p-1. The van der Waals surface area contributed by atoms with Crippen LogP contribution >= 0.6 is 0 Å². The zero-order chi connectivity index (χ0) is 11.0. The largest absolute Gasteiger partial charge is 0.548 e. The quantitative estimate of drug-likeness (QED) is 0.621. The molecular formula is C11H18NO2-. The summed E-state index contributed by atoms with van der Waals surface area (Å²) in [4.78, 5) is 10.9. The van der Waals surface area contributed by atoms with E-state index in [2.05, 4.69) is 0 Å². The Hall–Kier alpha value is -1.04. The maximum Gasteiger partial charge on any atom is 0.0966 e. The molecule has 0 heterocycles. The molecule has 0 spiro atoms. The molecule has 0 unspecified atom stereocenters. The van der Waals surface area contributed by atoms with Gasteiger partial charge in [0.15, 0.2) is 0 Å². The Morgan fingerprint density at radius 2 is 1.71 bits per heavy atom. The highest BCUT2D eigenvalue weighted by Crippen LogP contribution is 2.29. The fraction of sp³-hybridized carbons (Fsp3) is 0.818. The number of carboxylic acid groups (broad SMARTS) is 1. The number of carbonyl (C=O) groups excluding carboxylic acids is 1. The Labute approximate surface area is 85.7 Å². The number of hydrogen-bond donors (Lipinski definition) is 0. The van der Waals surface area contributed by atoms with Gasteiger partial charge in [-0.1, -0.05) is 39.5 Å². The lowest BCUT2D eigenvalue weighted by Crippen LogP contribution is -2.41. The first-order valence-electron chi connectivity index (χ1n) is 5.25. The average Bonchev–Trinajstić information content (AvgIpc) is 2.18. The van der Waals surface area contributed by atoms with Crippen molar-refractivity contribution in [3.05, 3.63) is 0 Å². The molecule has 0 amide bonds. The summed E-state index contributed by atoms with van der Waals surface area (Å²) in [5.74, 6) is -1.21. The third-order valence-electron chi connectivity index (χ3n) is 2.52. The Bertz CT molecular complexity index is 210. The van der Waals surface area contributed by atoms with Gasteiger partial charge in [0, 0.05) is 0 Å². The summed E-state index contributed by atoms with van der Waals surface area (Å²) in [5, 5.41) is 19.9. The number of aliphatic carboxylic acids is 1. The number of nitriles is 1. The van der Waals surface area contributed by atoms with Gasteiger partial charge in [-0.3, -0.25) is 0 Å². The summed E-state index contributed by atoms with van der Waals surface area (Å²) in [7, 11) is 0. The molecule has 3 nitrogen and oxygen atoms in total. The lowest BCUT2D eigenvalue weighted by atomic mass is 9.80. The van der Waals surface area contributed by atoms with E-state index in [1.165, 1.54) is 0 Å². The van der Waals surface area contributed by atoms with Gasteiger partial charge in [-0.15, -0.1) is 0 Å². The first-order chi connectivity index (χ1) is 6.63. The minimum Gasteiger partial charge on any atom is -0.548 e. The SMILES string of the molecule is CCCCC(C#N)(CCCC)C(=O)[O-]. The molecule has 0 N–H and O–H groups in total. The van der Waals surface area contributed by atoms with Gasteiger partial charge >= 0.3 is 0 Å². The van der Waals surface area contributed by atoms with E-state index in [0.717, 1.165) is 25.7 Å². The molecule has 0 saturated carbocycles. The molecule has 0 aromatic carbocycles. The highest BCUT2D eigenvalue weighted by atomic mass is 16.4. The van der Waals surface area contributed by atoms with Crippen LogP contribution in [0.1, 0.15) is 52.4 Å². The van der Waals surface area contributed by atoms with Crippen molar-refractivity contribution >= 4 is 5.97 Å². The second-order valence-electron chi connectivity index (χ2n) is 3.69. The number of carboxylic acids is 1. The molecule has 0 aromatic rings. The molecule has 0 fully saturated rings. The fourth-order valence-electron chi connectivity index (χ4n) is 1.44. The Morgan fingerprint density at radius 1 is 1.29 bits per heavy atom. The van der Waals surface area contributed by atoms with E-state index in [0.29, 0.717) is 12.8 Å². The molecule has 0 saturated heterocycles. The van der Waals surface area contributed by atoms with Crippen molar-refractivity contribution in [1.82, 2.24) is 0 Å². The van der Waals surface area contributed by atoms with Crippen LogP contribution < -0.4 is 5.11 Å². The van der Waals surface area contributed by atoms with Crippen LogP contribution in [0, 0.1) is 16.7 Å². The van der Waals surface area contributed by atoms with Crippen LogP contribution in [-0.2, 0) is 4.79 Å². The smallest absolute Gasteiger partial charge is 0.0966 e. The topological polar surface area (TPSA) is 63.9 Å². The molecule has 0 rings (SSSR count). The lowest BCUT2D eigenvalue weighted by molar-refractivity contribution is -0.316. The number of unbranched alkanes of at least 4 members (excludes halogenated alkanes) is 2. The van der Waals surface area contributed by atoms with Gasteiger partial charge in [0.2, 0.25) is 0 Å². The van der Waals surface area contributed by atoms with Gasteiger partial charge < -0.3 is 9.90 Å². The molecular weight excluding hydrogens is 178 g/mol. The number of carbonyl (C=O) groups is 1. The summed E-state index contributed by atoms with van der Waals surface area (Å²) >= 11 is 0. The van der Waals surface area contributed by atoms with Crippen LogP contribution in [-0.4, -0.2) is 5.97 Å². The first-order valence-corrected chi connectivity index (χ1v) is 5.25. The monoisotopic (exact) mass is 196 g/mol. The Balaban J connectivity index is 4.46. The summed E-state index contributed by atoms with van der Waals surface area (Å²) in [6, 6.07) is 1.92. The average molecular weight is 196 g/mol. The molecule has 0 aromatic heterocycles. The van der Waals surface area contributed by atoms with E-state index in [-0.39, 0.29) is 0 Å². The minimum absolute atomic E-state index is 0.419. The molecule has 0 atom stereocenters. The van der Waals surface area contributed by atoms with Crippen LogP contribution in [0.3, 0.4) is 0 Å². The van der Waals surface area contributed by atoms with Crippen molar-refractivity contribution in [2.45, 2.75) is 52.4 Å². The van der Waals surface area contributed by atoms with Crippen molar-refractivity contribution in [2.75, 3.05) is 0 Å². The van der Waals surface area contributed by atoms with Crippen molar-refractivity contribution < 1.29 is 9.90 Å². The van der Waals surface area contributed by atoms with Gasteiger partial charge in [0.1, 0.15) is 0 Å². The molecule has 0 aliphatic rings. The van der Waals surface area contributed by atoms with Crippen molar-refractivity contribution in [3.63, 3.8) is 0 Å². The molecule has 0 bridgehead atoms. The molecule has 0 radical (unpaired) electrons. The predicted octanol–water partition coefficient (Wildman–Crippen LogP) is 1.63. The number of rotatable bonds is 7. The number of hydrogen-bond acceptors (Lipinski definition) is 3. The van der Waals surface area contributed by atoms with Gasteiger partial charge in [-0.05, 0) is 12.8 Å². The summed E-state index contributed by atoms with van der Waals surface area (Å²) in [6.07, 6.45) is 4.19. The minimum atomic E-state index is -1.24. The van der Waals surface area contributed by atoms with Gasteiger partial charge in [-0.2, -0.15) is 5.26 Å². The molecule has 14 heavy (non-hydrogen) atoms. The maximum absolute atomic E-state index is 10.9. The predicted molar refractivity (Wildman–Crippen MR) is 52.1 cm³/mol. The van der Waals surface area contributed by atoms with E-state index >= 15 is 0 Å². The first kappa shape index (κ1) is 13.0. The second kappa shape index (κ2) is 6.42. The highest BCUT2D eigenvalue weighted by molar-refractivity contribution is 5.75. The summed E-state index contributed by atoms with van der Waals surface area (Å²) in [5.41, 5.74) is -1.24. The molecule has 0 aliphatic heterocycles. The summed E-state index contributed by atoms with van der Waals surface area (Å²) < 4.78 is 0. The van der Waals surface area contributed by atoms with E-state index in [9.17, 15) is 9.90 Å². The second-order valence-corrected chi connectivity index (χ2v) is 3.69. The van der Waals surface area contributed by atoms with Crippen molar-refractivity contribution in [2.24, 2.45) is 5.41 Å². The van der Waals surface area contributed by atoms with Gasteiger partial charge in [-0.25, -0.2) is 0 Å². The Kier molecular flexibility index (Phi) is 5.94. The zero-order valence-electron chi connectivity index (χ0n) is 9.01. The fourth-order valence-corrected chi connectivity index (χ4v) is 1.44. The summed E-state index contributed by atoms with van der Waals surface area (Å²) in [6.45, 7) is 3.97. The van der Waals surface area contributed by atoms with Gasteiger partial charge in [0.05, 0.1) is 17.5 Å². The van der Waals surface area contributed by atoms with Crippen LogP contribution in [0.15, 0.2) is 0 Å².